The summed E-state index contributed by atoms with van der Waals surface area (Å²) < 4.78 is 13.2. The Hall–Kier alpha value is -3.20. The van der Waals surface area contributed by atoms with Crippen LogP contribution in [0, 0.1) is 11.7 Å². The average molecular weight is 480 g/mol. The van der Waals surface area contributed by atoms with Crippen molar-refractivity contribution < 1.29 is 14.0 Å². The summed E-state index contributed by atoms with van der Waals surface area (Å²) in [6.07, 6.45) is 0. The van der Waals surface area contributed by atoms with Crippen molar-refractivity contribution >= 4 is 46.0 Å². The summed E-state index contributed by atoms with van der Waals surface area (Å²) in [5, 5.41) is 0.504. The maximum Gasteiger partial charge on any atom is 0.259 e. The molecule has 0 unspecified atom stereocenters. The Morgan fingerprint density at radius 1 is 1.09 bits per heavy atom. The van der Waals surface area contributed by atoms with Crippen molar-refractivity contribution in [3.63, 3.8) is 0 Å². The van der Waals surface area contributed by atoms with Gasteiger partial charge < -0.3 is 9.80 Å². The SMILES string of the molecule is CC(C)[C@@H]1N=C2c3ccccc3N=C(SCC(=O)N3CCN(c4ccc(F)cc4)CC3)N2C1=O. The number of piperazine rings is 1. The number of nitrogens with zero attached hydrogens (tertiary/aromatic N) is 5. The molecule has 5 rings (SSSR count). The molecule has 1 atom stereocenters. The van der Waals surface area contributed by atoms with Gasteiger partial charge in [-0.2, -0.15) is 0 Å². The van der Waals surface area contributed by atoms with E-state index in [2.05, 4.69) is 4.90 Å². The monoisotopic (exact) mass is 479 g/mol. The van der Waals surface area contributed by atoms with Gasteiger partial charge in [-0.25, -0.2) is 14.3 Å². The minimum atomic E-state index is -0.442. The van der Waals surface area contributed by atoms with E-state index in [1.54, 1.807) is 17.0 Å². The number of para-hydroxylation sites is 1. The van der Waals surface area contributed by atoms with Gasteiger partial charge in [0.15, 0.2) is 5.17 Å². The van der Waals surface area contributed by atoms with Crippen LogP contribution in [0.5, 0.6) is 0 Å². The molecule has 9 heteroatoms. The Bertz CT molecular complexity index is 1170. The molecule has 176 valence electrons. The topological polar surface area (TPSA) is 68.6 Å². The molecule has 3 aliphatic heterocycles. The first kappa shape index (κ1) is 22.6. The van der Waals surface area contributed by atoms with E-state index >= 15 is 0 Å². The number of hydrogen-bond acceptors (Lipinski definition) is 6. The lowest BCUT2D eigenvalue weighted by molar-refractivity contribution is -0.128. The van der Waals surface area contributed by atoms with E-state index in [0.29, 0.717) is 37.2 Å². The zero-order valence-electron chi connectivity index (χ0n) is 19.1. The first-order chi connectivity index (χ1) is 16.4. The van der Waals surface area contributed by atoms with Crippen LogP contribution in [0.4, 0.5) is 15.8 Å². The zero-order chi connectivity index (χ0) is 23.8. The molecular formula is C25H26FN5O2S. The summed E-state index contributed by atoms with van der Waals surface area (Å²) in [7, 11) is 0. The maximum atomic E-state index is 13.2. The number of aliphatic imine (C=N–C) groups is 2. The van der Waals surface area contributed by atoms with Crippen molar-refractivity contribution in [3.8, 4) is 0 Å². The number of carbonyl (C=O) groups excluding carboxylic acids is 2. The van der Waals surface area contributed by atoms with Crippen LogP contribution >= 0.6 is 11.8 Å². The van der Waals surface area contributed by atoms with Crippen LogP contribution < -0.4 is 4.90 Å². The number of halogens is 1. The molecule has 0 spiro atoms. The molecule has 7 nitrogen and oxygen atoms in total. The third kappa shape index (κ3) is 4.20. The number of fused-ring (bicyclic) bond motifs is 3. The summed E-state index contributed by atoms with van der Waals surface area (Å²) in [5.74, 6) is 0.551. The highest BCUT2D eigenvalue weighted by Crippen LogP contribution is 2.34. The Kier molecular flexibility index (Phi) is 6.12. The van der Waals surface area contributed by atoms with Crippen LogP contribution in [-0.4, -0.2) is 70.6 Å². The predicted molar refractivity (Wildman–Crippen MR) is 133 cm³/mol. The second kappa shape index (κ2) is 9.21. The maximum absolute atomic E-state index is 13.2. The fraction of sp³-hybridized carbons (Fsp3) is 0.360. The highest BCUT2D eigenvalue weighted by atomic mass is 32.2. The zero-order valence-corrected chi connectivity index (χ0v) is 20.0. The molecule has 0 bridgehead atoms. The smallest absolute Gasteiger partial charge is 0.259 e. The molecule has 0 N–H and O–H groups in total. The number of hydrogen-bond donors (Lipinski definition) is 0. The predicted octanol–water partition coefficient (Wildman–Crippen LogP) is 3.52. The van der Waals surface area contributed by atoms with Gasteiger partial charge in [-0.15, -0.1) is 0 Å². The molecule has 1 saturated heterocycles. The van der Waals surface area contributed by atoms with Crippen LogP contribution in [0.15, 0.2) is 58.5 Å². The Morgan fingerprint density at radius 2 is 1.79 bits per heavy atom. The van der Waals surface area contributed by atoms with Gasteiger partial charge in [0.05, 0.1) is 11.4 Å². The quantitative estimate of drug-likeness (QED) is 0.673. The number of anilines is 1. The van der Waals surface area contributed by atoms with Gasteiger partial charge in [-0.3, -0.25) is 14.6 Å². The molecule has 3 aliphatic rings. The van der Waals surface area contributed by atoms with Crippen molar-refractivity contribution in [2.24, 2.45) is 15.9 Å². The van der Waals surface area contributed by atoms with Crippen molar-refractivity contribution in [2.45, 2.75) is 19.9 Å². The Morgan fingerprint density at radius 3 is 2.50 bits per heavy atom. The van der Waals surface area contributed by atoms with E-state index in [0.717, 1.165) is 16.9 Å². The van der Waals surface area contributed by atoms with E-state index in [1.807, 2.05) is 43.0 Å². The van der Waals surface area contributed by atoms with Crippen LogP contribution in [0.1, 0.15) is 19.4 Å². The summed E-state index contributed by atoms with van der Waals surface area (Å²) in [6, 6.07) is 13.6. The van der Waals surface area contributed by atoms with Crippen molar-refractivity contribution in [3.05, 3.63) is 59.9 Å². The fourth-order valence-electron chi connectivity index (χ4n) is 4.38. The largest absolute Gasteiger partial charge is 0.368 e. The molecule has 3 heterocycles. The summed E-state index contributed by atoms with van der Waals surface area (Å²) in [6.45, 7) is 6.53. The molecule has 2 aromatic rings. The third-order valence-corrected chi connectivity index (χ3v) is 7.20. The molecule has 0 radical (unpaired) electrons. The minimum absolute atomic E-state index is 0.0101. The molecule has 0 aromatic heterocycles. The minimum Gasteiger partial charge on any atom is -0.368 e. The van der Waals surface area contributed by atoms with E-state index in [9.17, 15) is 14.0 Å². The van der Waals surface area contributed by atoms with E-state index in [-0.39, 0.29) is 29.3 Å². The van der Waals surface area contributed by atoms with Crippen LogP contribution in [0.25, 0.3) is 0 Å². The lowest BCUT2D eigenvalue weighted by Crippen LogP contribution is -2.49. The van der Waals surface area contributed by atoms with Crippen LogP contribution in [0.2, 0.25) is 0 Å². The van der Waals surface area contributed by atoms with Crippen molar-refractivity contribution in [2.75, 3.05) is 36.8 Å². The number of thioether (sulfide) groups is 1. The summed E-state index contributed by atoms with van der Waals surface area (Å²) >= 11 is 1.28. The van der Waals surface area contributed by atoms with Crippen molar-refractivity contribution in [1.29, 1.82) is 0 Å². The highest BCUT2D eigenvalue weighted by Gasteiger charge is 2.42. The standard InChI is InChI=1S/C25H26FN5O2S/c1-16(2)22-24(33)31-23(28-22)19-5-3-4-6-20(19)27-25(31)34-15-21(32)30-13-11-29(12-14-30)18-9-7-17(26)8-10-18/h3-10,16,22H,11-15H2,1-2H3/t22-/m0/s1. The van der Waals surface area contributed by atoms with Crippen molar-refractivity contribution in [1.82, 2.24) is 9.80 Å². The Balaban J connectivity index is 1.25. The molecule has 1 fully saturated rings. The molecule has 2 amide bonds. The Labute approximate surface area is 202 Å². The third-order valence-electron chi connectivity index (χ3n) is 6.28. The number of amides is 2. The summed E-state index contributed by atoms with van der Waals surface area (Å²) in [4.78, 5) is 41.1. The number of amidine groups is 2. The second-order valence-corrected chi connectivity index (χ2v) is 9.80. The lowest BCUT2D eigenvalue weighted by Gasteiger charge is -2.36. The second-order valence-electron chi connectivity index (χ2n) is 8.86. The number of benzene rings is 2. The van der Waals surface area contributed by atoms with Gasteiger partial charge in [0, 0.05) is 37.4 Å². The first-order valence-electron chi connectivity index (χ1n) is 11.4. The van der Waals surface area contributed by atoms with Gasteiger partial charge in [-0.05, 0) is 42.3 Å². The van der Waals surface area contributed by atoms with E-state index < -0.39 is 6.04 Å². The fourth-order valence-corrected chi connectivity index (χ4v) is 5.29. The molecule has 2 aromatic carbocycles. The van der Waals surface area contributed by atoms with Crippen LogP contribution in [0.3, 0.4) is 0 Å². The van der Waals surface area contributed by atoms with Gasteiger partial charge in [0.1, 0.15) is 17.7 Å². The van der Waals surface area contributed by atoms with Crippen LogP contribution in [-0.2, 0) is 9.59 Å². The summed E-state index contributed by atoms with van der Waals surface area (Å²) in [5.41, 5.74) is 2.56. The first-order valence-corrected chi connectivity index (χ1v) is 12.4. The molecule has 0 aliphatic carbocycles. The highest BCUT2D eigenvalue weighted by molar-refractivity contribution is 8.14. The number of rotatable bonds is 4. The molecule has 34 heavy (non-hydrogen) atoms. The van der Waals surface area contributed by atoms with Gasteiger partial charge in [0.2, 0.25) is 5.91 Å². The van der Waals surface area contributed by atoms with E-state index in [4.69, 9.17) is 9.98 Å². The molecular weight excluding hydrogens is 453 g/mol. The van der Waals surface area contributed by atoms with Gasteiger partial charge in [0.25, 0.3) is 5.91 Å². The van der Waals surface area contributed by atoms with Gasteiger partial charge >= 0.3 is 0 Å². The van der Waals surface area contributed by atoms with Gasteiger partial charge in [-0.1, -0.05) is 37.7 Å². The average Bonchev–Trinajstić information content (AvgIpc) is 3.21. The number of carbonyl (C=O) groups is 2. The van der Waals surface area contributed by atoms with E-state index in [1.165, 1.54) is 23.9 Å². The normalized spacial score (nSPS) is 19.7. The molecule has 0 saturated carbocycles. The lowest BCUT2D eigenvalue weighted by atomic mass is 10.1.